The molecule has 0 spiro atoms. The molecule has 2 aromatic rings. The molecule has 0 heterocycles. The van der Waals surface area contributed by atoms with Gasteiger partial charge in [0.05, 0.1) is 17.2 Å². The van der Waals surface area contributed by atoms with Crippen LogP contribution in [-0.4, -0.2) is 13.0 Å². The van der Waals surface area contributed by atoms with E-state index in [9.17, 15) is 4.79 Å². The number of carbonyl (C=O) groups excluding carboxylic acids is 1. The number of rotatable bonds is 3. The fourth-order valence-electron chi connectivity index (χ4n) is 2.08. The Morgan fingerprint density at radius 2 is 1.76 bits per heavy atom. The zero-order valence-corrected chi connectivity index (χ0v) is 13.5. The number of ether oxygens (including phenoxy) is 1. The van der Waals surface area contributed by atoms with Crippen LogP contribution in [0.15, 0.2) is 30.3 Å². The van der Waals surface area contributed by atoms with Crippen molar-refractivity contribution in [3.8, 4) is 5.75 Å². The summed E-state index contributed by atoms with van der Waals surface area (Å²) in [6.07, 6.45) is 0. The van der Waals surface area contributed by atoms with Gasteiger partial charge in [0.25, 0.3) is 5.91 Å². The molecule has 0 aliphatic carbocycles. The van der Waals surface area contributed by atoms with E-state index in [-0.39, 0.29) is 17.2 Å². The molecule has 1 N–H and O–H groups in total. The highest BCUT2D eigenvalue weighted by Gasteiger charge is 2.20. The first-order valence-electron chi connectivity index (χ1n) is 6.34. The molecule has 0 radical (unpaired) electrons. The molecular formula is C16H15Cl2NO2. The summed E-state index contributed by atoms with van der Waals surface area (Å²) in [6.45, 7) is 3.93. The summed E-state index contributed by atoms with van der Waals surface area (Å²) in [5.74, 6) is -0.0854. The van der Waals surface area contributed by atoms with Crippen LogP contribution in [0, 0.1) is 13.8 Å². The first kappa shape index (κ1) is 15.7. The molecule has 1 amide bonds. The predicted molar refractivity (Wildman–Crippen MR) is 86.9 cm³/mol. The molecule has 0 saturated heterocycles. The van der Waals surface area contributed by atoms with Gasteiger partial charge in [-0.15, -0.1) is 0 Å². The molecule has 0 saturated carbocycles. The maximum atomic E-state index is 12.5. The van der Waals surface area contributed by atoms with E-state index in [2.05, 4.69) is 5.32 Å². The standard InChI is InChI=1S/C16H15Cl2NO2/c1-9-4-7-13(10(2)8-9)19-16(20)14-11(17)5-6-12(18)15(14)21-3/h4-8H,1-3H3,(H,19,20). The smallest absolute Gasteiger partial charge is 0.261 e. The lowest BCUT2D eigenvalue weighted by Crippen LogP contribution is -2.15. The third-order valence-corrected chi connectivity index (χ3v) is 3.73. The van der Waals surface area contributed by atoms with Crippen LogP contribution in [0.25, 0.3) is 0 Å². The SMILES string of the molecule is COc1c(Cl)ccc(Cl)c1C(=O)Nc1ccc(C)cc1C. The molecule has 0 unspecified atom stereocenters. The Hall–Kier alpha value is -1.71. The molecule has 3 nitrogen and oxygen atoms in total. The van der Waals surface area contributed by atoms with Gasteiger partial charge in [-0.3, -0.25) is 4.79 Å². The number of aryl methyl sites for hydroxylation is 2. The molecule has 110 valence electrons. The molecule has 0 aliphatic rings. The lowest BCUT2D eigenvalue weighted by Gasteiger charge is -2.13. The van der Waals surface area contributed by atoms with Crippen LogP contribution >= 0.6 is 23.2 Å². The Morgan fingerprint density at radius 1 is 1.10 bits per heavy atom. The highest BCUT2D eigenvalue weighted by atomic mass is 35.5. The van der Waals surface area contributed by atoms with Crippen molar-refractivity contribution >= 4 is 34.8 Å². The van der Waals surface area contributed by atoms with Crippen molar-refractivity contribution in [2.75, 3.05) is 12.4 Å². The van der Waals surface area contributed by atoms with Crippen molar-refractivity contribution in [1.29, 1.82) is 0 Å². The summed E-state index contributed by atoms with van der Waals surface area (Å²) in [7, 11) is 1.45. The average molecular weight is 324 g/mol. The zero-order valence-electron chi connectivity index (χ0n) is 12.0. The van der Waals surface area contributed by atoms with E-state index in [4.69, 9.17) is 27.9 Å². The van der Waals surface area contributed by atoms with Crippen LogP contribution in [0.5, 0.6) is 5.75 Å². The maximum absolute atomic E-state index is 12.5. The van der Waals surface area contributed by atoms with E-state index < -0.39 is 0 Å². The summed E-state index contributed by atoms with van der Waals surface area (Å²) in [5, 5.41) is 3.47. The van der Waals surface area contributed by atoms with Crippen molar-refractivity contribution in [1.82, 2.24) is 0 Å². The second kappa shape index (κ2) is 6.37. The number of anilines is 1. The molecular weight excluding hydrogens is 309 g/mol. The van der Waals surface area contributed by atoms with Gasteiger partial charge >= 0.3 is 0 Å². The largest absolute Gasteiger partial charge is 0.494 e. The molecule has 2 rings (SSSR count). The number of benzene rings is 2. The van der Waals surface area contributed by atoms with Crippen molar-refractivity contribution in [3.63, 3.8) is 0 Å². The number of methoxy groups -OCH3 is 1. The minimum absolute atomic E-state index is 0.228. The molecule has 0 bridgehead atoms. The van der Waals surface area contributed by atoms with Crippen LogP contribution in [0.4, 0.5) is 5.69 Å². The fourth-order valence-corrected chi connectivity index (χ4v) is 2.55. The summed E-state index contributed by atoms with van der Waals surface area (Å²) in [4.78, 5) is 12.5. The molecule has 5 heteroatoms. The van der Waals surface area contributed by atoms with Crippen molar-refractivity contribution < 1.29 is 9.53 Å². The van der Waals surface area contributed by atoms with Crippen molar-refractivity contribution in [2.45, 2.75) is 13.8 Å². The molecule has 0 atom stereocenters. The first-order valence-corrected chi connectivity index (χ1v) is 7.10. The average Bonchev–Trinajstić information content (AvgIpc) is 2.43. The van der Waals surface area contributed by atoms with Gasteiger partial charge in [0.1, 0.15) is 5.56 Å². The normalized spacial score (nSPS) is 10.3. The third-order valence-electron chi connectivity index (χ3n) is 3.12. The number of nitrogens with one attached hydrogen (secondary N) is 1. The van der Waals surface area contributed by atoms with Gasteiger partial charge in [-0.2, -0.15) is 0 Å². The number of hydrogen-bond donors (Lipinski definition) is 1. The maximum Gasteiger partial charge on any atom is 0.261 e. The number of carbonyl (C=O) groups is 1. The second-order valence-electron chi connectivity index (χ2n) is 4.71. The van der Waals surface area contributed by atoms with Gasteiger partial charge in [0.2, 0.25) is 0 Å². The highest BCUT2D eigenvalue weighted by Crippen LogP contribution is 2.34. The van der Waals surface area contributed by atoms with E-state index in [0.717, 1.165) is 16.8 Å². The molecule has 0 fully saturated rings. The van der Waals surface area contributed by atoms with Gasteiger partial charge in [0, 0.05) is 5.69 Å². The Balaban J connectivity index is 2.39. The minimum Gasteiger partial charge on any atom is -0.494 e. The predicted octanol–water partition coefficient (Wildman–Crippen LogP) is 4.87. The Bertz CT molecular complexity index is 699. The lowest BCUT2D eigenvalue weighted by molar-refractivity contribution is 0.102. The fraction of sp³-hybridized carbons (Fsp3) is 0.188. The van der Waals surface area contributed by atoms with Crippen molar-refractivity contribution in [3.05, 3.63) is 57.1 Å². The summed E-state index contributed by atoms with van der Waals surface area (Å²) in [6, 6.07) is 8.94. The van der Waals surface area contributed by atoms with Gasteiger partial charge in [0.15, 0.2) is 5.75 Å². The minimum atomic E-state index is -0.355. The molecule has 0 aliphatic heterocycles. The topological polar surface area (TPSA) is 38.3 Å². The Labute approximate surface area is 133 Å². The van der Waals surface area contributed by atoms with E-state index in [1.165, 1.54) is 7.11 Å². The number of halogens is 2. The molecule has 0 aromatic heterocycles. The van der Waals surface area contributed by atoms with Gasteiger partial charge in [-0.1, -0.05) is 40.9 Å². The van der Waals surface area contributed by atoms with E-state index in [0.29, 0.717) is 10.0 Å². The van der Waals surface area contributed by atoms with E-state index >= 15 is 0 Å². The quantitative estimate of drug-likeness (QED) is 0.874. The zero-order chi connectivity index (χ0) is 15.6. The van der Waals surface area contributed by atoms with Crippen molar-refractivity contribution in [2.24, 2.45) is 0 Å². The monoisotopic (exact) mass is 323 g/mol. The molecule has 2 aromatic carbocycles. The van der Waals surface area contributed by atoms with Crippen LogP contribution in [0.1, 0.15) is 21.5 Å². The first-order chi connectivity index (χ1) is 9.93. The van der Waals surface area contributed by atoms with Gasteiger partial charge < -0.3 is 10.1 Å². The van der Waals surface area contributed by atoms with Crippen LogP contribution in [0.3, 0.4) is 0 Å². The summed E-state index contributed by atoms with van der Waals surface area (Å²) in [5.41, 5.74) is 3.06. The van der Waals surface area contributed by atoms with Crippen LogP contribution in [0.2, 0.25) is 10.0 Å². The van der Waals surface area contributed by atoms with E-state index in [1.807, 2.05) is 32.0 Å². The van der Waals surface area contributed by atoms with Gasteiger partial charge in [-0.25, -0.2) is 0 Å². The third kappa shape index (κ3) is 3.31. The van der Waals surface area contributed by atoms with Gasteiger partial charge in [-0.05, 0) is 37.6 Å². The van der Waals surface area contributed by atoms with Crippen LogP contribution < -0.4 is 10.1 Å². The Morgan fingerprint density at radius 3 is 2.38 bits per heavy atom. The second-order valence-corrected chi connectivity index (χ2v) is 5.52. The highest BCUT2D eigenvalue weighted by molar-refractivity contribution is 6.37. The summed E-state index contributed by atoms with van der Waals surface area (Å²) >= 11 is 12.1. The lowest BCUT2D eigenvalue weighted by atomic mass is 10.1. The van der Waals surface area contributed by atoms with E-state index in [1.54, 1.807) is 12.1 Å². The number of hydrogen-bond acceptors (Lipinski definition) is 2. The summed E-state index contributed by atoms with van der Waals surface area (Å²) < 4.78 is 5.19. The Kier molecular flexibility index (Phi) is 4.76. The number of amides is 1. The van der Waals surface area contributed by atoms with Crippen LogP contribution in [-0.2, 0) is 0 Å². The molecule has 21 heavy (non-hydrogen) atoms.